The normalized spacial score (nSPS) is 19.4. The second kappa shape index (κ2) is 4.35. The number of carbonyl (C=O) groups excluding carboxylic acids is 1. The average molecular weight is 260 g/mol. The van der Waals surface area contributed by atoms with E-state index in [0.717, 1.165) is 30.6 Å². The number of carboxylic acids is 1. The first-order chi connectivity index (χ1) is 9.12. The first-order valence-corrected chi connectivity index (χ1v) is 6.50. The molecule has 1 amide bonds. The maximum absolute atomic E-state index is 12.3. The zero-order valence-corrected chi connectivity index (χ0v) is 10.5. The van der Waals surface area contributed by atoms with Gasteiger partial charge in [-0.15, -0.1) is 0 Å². The minimum absolute atomic E-state index is 0.265. The molecule has 19 heavy (non-hydrogen) atoms. The van der Waals surface area contributed by atoms with Crippen molar-refractivity contribution in [2.24, 2.45) is 0 Å². The number of rotatable bonds is 3. The van der Waals surface area contributed by atoms with Crippen molar-refractivity contribution in [1.29, 1.82) is 0 Å². The Morgan fingerprint density at radius 2 is 2.11 bits per heavy atom. The van der Waals surface area contributed by atoms with Gasteiger partial charge in [0, 0.05) is 12.1 Å². The Hall–Kier alpha value is -1.88. The van der Waals surface area contributed by atoms with Crippen LogP contribution >= 0.6 is 0 Å². The minimum atomic E-state index is -1.02. The van der Waals surface area contributed by atoms with Gasteiger partial charge >= 0.3 is 5.97 Å². The molecule has 0 atom stereocenters. The van der Waals surface area contributed by atoms with Crippen LogP contribution in [0.5, 0.6) is 0 Å². The Labute approximate surface area is 111 Å². The molecule has 1 aromatic rings. The lowest BCUT2D eigenvalue weighted by Gasteiger charge is -2.21. The predicted molar refractivity (Wildman–Crippen MR) is 68.9 cm³/mol. The largest absolute Gasteiger partial charge is 0.480 e. The molecule has 1 fully saturated rings. The molecule has 0 aromatic heterocycles. The third kappa shape index (κ3) is 2.10. The highest BCUT2D eigenvalue weighted by Crippen LogP contribution is 2.36. The van der Waals surface area contributed by atoms with Crippen LogP contribution in [0.2, 0.25) is 0 Å². The fraction of sp³-hybridized carbons (Fsp3) is 0.429. The molecule has 3 N–H and O–H groups in total. The Balaban J connectivity index is 1.86. The summed E-state index contributed by atoms with van der Waals surface area (Å²) in [5.41, 5.74) is 1.76. The van der Waals surface area contributed by atoms with Gasteiger partial charge in [0.2, 0.25) is 0 Å². The Morgan fingerprint density at radius 1 is 1.32 bits per heavy atom. The van der Waals surface area contributed by atoms with Gasteiger partial charge in [-0.25, -0.2) is 4.79 Å². The molecule has 0 bridgehead atoms. The predicted octanol–water partition coefficient (Wildman–Crippen LogP) is 0.679. The molecule has 0 radical (unpaired) electrons. The maximum Gasteiger partial charge on any atom is 0.329 e. The van der Waals surface area contributed by atoms with Gasteiger partial charge in [0.1, 0.15) is 5.54 Å². The summed E-state index contributed by atoms with van der Waals surface area (Å²) in [6.07, 6.45) is 1.84. The Kier molecular flexibility index (Phi) is 2.78. The van der Waals surface area contributed by atoms with Crippen molar-refractivity contribution in [2.75, 3.05) is 6.54 Å². The van der Waals surface area contributed by atoms with Gasteiger partial charge in [-0.05, 0) is 43.0 Å². The smallest absolute Gasteiger partial charge is 0.329 e. The maximum atomic E-state index is 12.3. The second-order valence-corrected chi connectivity index (χ2v) is 5.21. The molecular formula is C14H16N2O3. The zero-order chi connectivity index (χ0) is 13.5. The van der Waals surface area contributed by atoms with E-state index in [1.165, 1.54) is 0 Å². The topological polar surface area (TPSA) is 78.4 Å². The van der Waals surface area contributed by atoms with Crippen LogP contribution < -0.4 is 10.6 Å². The number of carbonyl (C=O) groups is 2. The monoisotopic (exact) mass is 260 g/mol. The van der Waals surface area contributed by atoms with Crippen molar-refractivity contribution in [1.82, 2.24) is 10.6 Å². The van der Waals surface area contributed by atoms with Crippen LogP contribution in [0.15, 0.2) is 18.2 Å². The summed E-state index contributed by atoms with van der Waals surface area (Å²) in [6, 6.07) is 5.63. The number of hydrogen-bond acceptors (Lipinski definition) is 3. The van der Waals surface area contributed by atoms with E-state index in [1.807, 2.05) is 12.1 Å². The minimum Gasteiger partial charge on any atom is -0.480 e. The number of nitrogens with one attached hydrogen (secondary N) is 2. The fourth-order valence-electron chi connectivity index (χ4n) is 2.55. The molecule has 1 aromatic carbocycles. The lowest BCUT2D eigenvalue weighted by molar-refractivity contribution is -0.140. The molecule has 0 unspecified atom stereocenters. The lowest BCUT2D eigenvalue weighted by atomic mass is 9.95. The molecule has 1 aliphatic carbocycles. The van der Waals surface area contributed by atoms with Crippen molar-refractivity contribution in [3.63, 3.8) is 0 Å². The second-order valence-electron chi connectivity index (χ2n) is 5.21. The summed E-state index contributed by atoms with van der Waals surface area (Å²) in [5, 5.41) is 15.0. The number of carboxylic acid groups (broad SMARTS) is 1. The van der Waals surface area contributed by atoms with Crippen LogP contribution in [-0.2, 0) is 17.8 Å². The lowest BCUT2D eigenvalue weighted by Crippen LogP contribution is -2.43. The van der Waals surface area contributed by atoms with E-state index in [-0.39, 0.29) is 5.91 Å². The van der Waals surface area contributed by atoms with E-state index in [2.05, 4.69) is 10.6 Å². The molecule has 1 heterocycles. The highest BCUT2D eigenvalue weighted by Gasteiger charge is 2.51. The molecule has 0 spiro atoms. The van der Waals surface area contributed by atoms with Crippen molar-refractivity contribution in [3.8, 4) is 0 Å². The van der Waals surface area contributed by atoms with E-state index in [1.54, 1.807) is 6.07 Å². The summed E-state index contributed by atoms with van der Waals surface area (Å²) in [6.45, 7) is 1.61. The third-order valence-corrected chi connectivity index (χ3v) is 3.90. The summed E-state index contributed by atoms with van der Waals surface area (Å²) < 4.78 is 0. The molecule has 1 aliphatic heterocycles. The molecule has 5 nitrogen and oxygen atoms in total. The fourth-order valence-corrected chi connectivity index (χ4v) is 2.55. The molecular weight excluding hydrogens is 244 g/mol. The summed E-state index contributed by atoms with van der Waals surface area (Å²) >= 11 is 0. The SMILES string of the molecule is O=C(NC1(C(=O)O)CC1)c1cccc2c1CCNC2. The summed E-state index contributed by atoms with van der Waals surface area (Å²) in [5.74, 6) is -1.20. The van der Waals surface area contributed by atoms with E-state index in [4.69, 9.17) is 5.11 Å². The highest BCUT2D eigenvalue weighted by molar-refractivity contribution is 6.00. The number of aliphatic carboxylic acids is 1. The first kappa shape index (κ1) is 12.2. The molecule has 2 aliphatic rings. The Bertz CT molecular complexity index is 550. The highest BCUT2D eigenvalue weighted by atomic mass is 16.4. The Morgan fingerprint density at radius 3 is 2.79 bits per heavy atom. The van der Waals surface area contributed by atoms with Gasteiger partial charge in [-0.2, -0.15) is 0 Å². The van der Waals surface area contributed by atoms with Crippen molar-refractivity contribution < 1.29 is 14.7 Å². The van der Waals surface area contributed by atoms with Crippen LogP contribution in [0.25, 0.3) is 0 Å². The van der Waals surface area contributed by atoms with Crippen molar-refractivity contribution in [3.05, 3.63) is 34.9 Å². The third-order valence-electron chi connectivity index (χ3n) is 3.90. The average Bonchev–Trinajstić information content (AvgIpc) is 3.19. The van der Waals surface area contributed by atoms with Crippen molar-refractivity contribution >= 4 is 11.9 Å². The van der Waals surface area contributed by atoms with Crippen molar-refractivity contribution in [2.45, 2.75) is 31.3 Å². The molecule has 3 rings (SSSR count). The van der Waals surface area contributed by atoms with Gasteiger partial charge in [-0.3, -0.25) is 4.79 Å². The molecule has 5 heteroatoms. The van der Waals surface area contributed by atoms with Crippen LogP contribution in [0, 0.1) is 0 Å². The first-order valence-electron chi connectivity index (χ1n) is 6.50. The van der Waals surface area contributed by atoms with Gasteiger partial charge in [-0.1, -0.05) is 12.1 Å². The van der Waals surface area contributed by atoms with Crippen LogP contribution in [0.3, 0.4) is 0 Å². The number of fused-ring (bicyclic) bond motifs is 1. The molecule has 1 saturated carbocycles. The summed E-state index contributed by atoms with van der Waals surface area (Å²) in [7, 11) is 0. The van der Waals surface area contributed by atoms with Crippen LogP contribution in [0.4, 0.5) is 0 Å². The van der Waals surface area contributed by atoms with Crippen LogP contribution in [-0.4, -0.2) is 29.1 Å². The molecule has 0 saturated heterocycles. The number of amides is 1. The molecule has 100 valence electrons. The van der Waals surface area contributed by atoms with Crippen LogP contribution in [0.1, 0.15) is 34.3 Å². The quantitative estimate of drug-likeness (QED) is 0.746. The van der Waals surface area contributed by atoms with E-state index in [9.17, 15) is 9.59 Å². The van der Waals surface area contributed by atoms with E-state index < -0.39 is 11.5 Å². The van der Waals surface area contributed by atoms with Gasteiger partial charge < -0.3 is 15.7 Å². The summed E-state index contributed by atoms with van der Waals surface area (Å²) in [4.78, 5) is 23.4. The number of benzene rings is 1. The van der Waals surface area contributed by atoms with E-state index in [0.29, 0.717) is 18.4 Å². The van der Waals surface area contributed by atoms with Gasteiger partial charge in [0.25, 0.3) is 5.91 Å². The number of hydrogen-bond donors (Lipinski definition) is 3. The standard InChI is InChI=1S/C14H16N2O3/c17-12(16-14(5-6-14)13(18)19)11-3-1-2-9-8-15-7-4-10(9)11/h1-3,15H,4-8H2,(H,16,17)(H,18,19). The zero-order valence-electron chi connectivity index (χ0n) is 10.5. The van der Waals surface area contributed by atoms with Gasteiger partial charge in [0.15, 0.2) is 0 Å². The van der Waals surface area contributed by atoms with Gasteiger partial charge in [0.05, 0.1) is 0 Å². The van der Waals surface area contributed by atoms with E-state index >= 15 is 0 Å².